The summed E-state index contributed by atoms with van der Waals surface area (Å²) in [7, 11) is 0. The zero-order valence-electron chi connectivity index (χ0n) is 11.6. The molecule has 0 radical (unpaired) electrons. The molecule has 0 amide bonds. The van der Waals surface area contributed by atoms with Crippen molar-refractivity contribution in [2.24, 2.45) is 0 Å². The Kier molecular flexibility index (Phi) is 5.20. The normalized spacial score (nSPS) is 12.5. The first-order valence-corrected chi connectivity index (χ1v) is 6.39. The molecule has 3 heteroatoms. The summed E-state index contributed by atoms with van der Waals surface area (Å²) >= 11 is 0. The first-order valence-electron chi connectivity index (χ1n) is 6.39. The fourth-order valence-electron chi connectivity index (χ4n) is 1.82. The number of carbonyl (C=O) groups is 1. The standard InChI is InChI=1S/C15H22O3/c1-10(2)13-7-5-11(3)9-14(13)18-12(4)6-8-15(16)17/h5,7,9-10,12H,6,8H2,1-4H3,(H,16,17). The van der Waals surface area contributed by atoms with E-state index < -0.39 is 5.97 Å². The summed E-state index contributed by atoms with van der Waals surface area (Å²) < 4.78 is 5.87. The largest absolute Gasteiger partial charge is 0.490 e. The lowest BCUT2D eigenvalue weighted by molar-refractivity contribution is -0.137. The number of carboxylic acids is 1. The van der Waals surface area contributed by atoms with Gasteiger partial charge >= 0.3 is 5.97 Å². The Balaban J connectivity index is 2.76. The third-order valence-corrected chi connectivity index (χ3v) is 2.88. The SMILES string of the molecule is Cc1ccc(C(C)C)c(OC(C)CCC(=O)O)c1. The Hall–Kier alpha value is -1.51. The number of aryl methyl sites for hydroxylation is 1. The summed E-state index contributed by atoms with van der Waals surface area (Å²) in [6.45, 7) is 8.19. The Labute approximate surface area is 109 Å². The summed E-state index contributed by atoms with van der Waals surface area (Å²) in [5.41, 5.74) is 2.32. The summed E-state index contributed by atoms with van der Waals surface area (Å²) in [6, 6.07) is 6.18. The molecule has 0 aliphatic heterocycles. The number of aliphatic carboxylic acids is 1. The number of ether oxygens (including phenoxy) is 1. The highest BCUT2D eigenvalue weighted by atomic mass is 16.5. The number of carboxylic acid groups (broad SMARTS) is 1. The second-order valence-corrected chi connectivity index (χ2v) is 5.06. The lowest BCUT2D eigenvalue weighted by Crippen LogP contribution is -2.15. The van der Waals surface area contributed by atoms with E-state index in [-0.39, 0.29) is 12.5 Å². The van der Waals surface area contributed by atoms with E-state index in [1.807, 2.05) is 19.9 Å². The molecule has 18 heavy (non-hydrogen) atoms. The van der Waals surface area contributed by atoms with E-state index in [1.54, 1.807) is 0 Å². The first kappa shape index (κ1) is 14.6. The van der Waals surface area contributed by atoms with Gasteiger partial charge in [-0.25, -0.2) is 0 Å². The van der Waals surface area contributed by atoms with Crippen molar-refractivity contribution >= 4 is 5.97 Å². The minimum Gasteiger partial charge on any atom is -0.490 e. The number of benzene rings is 1. The Bertz CT molecular complexity index is 410. The Morgan fingerprint density at radius 2 is 2.00 bits per heavy atom. The molecule has 0 spiro atoms. The van der Waals surface area contributed by atoms with E-state index in [0.29, 0.717) is 12.3 Å². The van der Waals surface area contributed by atoms with E-state index in [0.717, 1.165) is 11.3 Å². The zero-order valence-corrected chi connectivity index (χ0v) is 11.6. The minimum absolute atomic E-state index is 0.0830. The van der Waals surface area contributed by atoms with Gasteiger partial charge in [-0.3, -0.25) is 4.79 Å². The fraction of sp³-hybridized carbons (Fsp3) is 0.533. The van der Waals surface area contributed by atoms with Gasteiger partial charge in [0.25, 0.3) is 0 Å². The maximum absolute atomic E-state index is 10.5. The van der Waals surface area contributed by atoms with Gasteiger partial charge in [0.15, 0.2) is 0 Å². The van der Waals surface area contributed by atoms with Gasteiger partial charge in [-0.15, -0.1) is 0 Å². The summed E-state index contributed by atoms with van der Waals surface area (Å²) in [5.74, 6) is 0.494. The highest BCUT2D eigenvalue weighted by molar-refractivity contribution is 5.66. The lowest BCUT2D eigenvalue weighted by atomic mass is 10.0. The molecule has 0 bridgehead atoms. The van der Waals surface area contributed by atoms with Crippen molar-refractivity contribution in [1.29, 1.82) is 0 Å². The van der Waals surface area contributed by atoms with Crippen LogP contribution < -0.4 is 4.74 Å². The van der Waals surface area contributed by atoms with Crippen molar-refractivity contribution < 1.29 is 14.6 Å². The second-order valence-electron chi connectivity index (χ2n) is 5.06. The molecule has 1 unspecified atom stereocenters. The van der Waals surface area contributed by atoms with Crippen molar-refractivity contribution in [3.63, 3.8) is 0 Å². The van der Waals surface area contributed by atoms with Crippen LogP contribution in [0.1, 0.15) is 50.7 Å². The van der Waals surface area contributed by atoms with Crippen molar-refractivity contribution in [1.82, 2.24) is 0 Å². The summed E-state index contributed by atoms with van der Waals surface area (Å²) in [5, 5.41) is 8.66. The van der Waals surface area contributed by atoms with Gasteiger partial charge in [-0.2, -0.15) is 0 Å². The quantitative estimate of drug-likeness (QED) is 0.836. The van der Waals surface area contributed by atoms with Crippen molar-refractivity contribution in [3.8, 4) is 5.75 Å². The van der Waals surface area contributed by atoms with Gasteiger partial charge < -0.3 is 9.84 Å². The molecule has 0 fully saturated rings. The molecule has 0 heterocycles. The Morgan fingerprint density at radius 3 is 2.56 bits per heavy atom. The second kappa shape index (κ2) is 6.43. The van der Waals surface area contributed by atoms with E-state index in [9.17, 15) is 4.79 Å². The van der Waals surface area contributed by atoms with E-state index in [2.05, 4.69) is 26.0 Å². The molecule has 0 aliphatic rings. The maximum atomic E-state index is 10.5. The van der Waals surface area contributed by atoms with Gasteiger partial charge in [-0.05, 0) is 43.4 Å². The monoisotopic (exact) mass is 250 g/mol. The van der Waals surface area contributed by atoms with Crippen LogP contribution in [-0.2, 0) is 4.79 Å². The minimum atomic E-state index is -0.779. The maximum Gasteiger partial charge on any atom is 0.303 e. The molecular formula is C15H22O3. The average molecular weight is 250 g/mol. The molecule has 1 N–H and O–H groups in total. The number of rotatable bonds is 6. The van der Waals surface area contributed by atoms with E-state index in [4.69, 9.17) is 9.84 Å². The molecule has 3 nitrogen and oxygen atoms in total. The van der Waals surface area contributed by atoms with Crippen molar-refractivity contribution in [2.45, 2.75) is 52.6 Å². The molecule has 0 aliphatic carbocycles. The predicted octanol–water partition coefficient (Wildman–Crippen LogP) is 3.75. The van der Waals surface area contributed by atoms with E-state index >= 15 is 0 Å². The smallest absolute Gasteiger partial charge is 0.303 e. The van der Waals surface area contributed by atoms with Crippen molar-refractivity contribution in [2.75, 3.05) is 0 Å². The fourth-order valence-corrected chi connectivity index (χ4v) is 1.82. The average Bonchev–Trinajstić information content (AvgIpc) is 2.26. The molecule has 0 aromatic heterocycles. The van der Waals surface area contributed by atoms with Crippen LogP contribution >= 0.6 is 0 Å². The van der Waals surface area contributed by atoms with Crippen LogP contribution in [0, 0.1) is 6.92 Å². The van der Waals surface area contributed by atoms with Crippen LogP contribution in [0.25, 0.3) is 0 Å². The molecule has 100 valence electrons. The van der Waals surface area contributed by atoms with Crippen LogP contribution in [0.5, 0.6) is 5.75 Å². The molecule has 1 aromatic carbocycles. The van der Waals surface area contributed by atoms with Crippen molar-refractivity contribution in [3.05, 3.63) is 29.3 Å². The van der Waals surface area contributed by atoms with Crippen LogP contribution in [0.2, 0.25) is 0 Å². The van der Waals surface area contributed by atoms with Crippen LogP contribution in [0.3, 0.4) is 0 Å². The molecule has 1 atom stereocenters. The molecule has 0 saturated carbocycles. The van der Waals surface area contributed by atoms with Gasteiger partial charge in [-0.1, -0.05) is 26.0 Å². The van der Waals surface area contributed by atoms with E-state index in [1.165, 1.54) is 5.56 Å². The molecule has 0 saturated heterocycles. The molecule has 1 aromatic rings. The van der Waals surface area contributed by atoms with Gasteiger partial charge in [0.2, 0.25) is 0 Å². The molecular weight excluding hydrogens is 228 g/mol. The van der Waals surface area contributed by atoms with Gasteiger partial charge in [0, 0.05) is 6.42 Å². The Morgan fingerprint density at radius 1 is 1.33 bits per heavy atom. The van der Waals surface area contributed by atoms with Crippen LogP contribution in [0.4, 0.5) is 0 Å². The zero-order chi connectivity index (χ0) is 13.7. The van der Waals surface area contributed by atoms with Gasteiger partial charge in [0.1, 0.15) is 5.75 Å². The third-order valence-electron chi connectivity index (χ3n) is 2.88. The summed E-state index contributed by atoms with van der Waals surface area (Å²) in [4.78, 5) is 10.5. The highest BCUT2D eigenvalue weighted by Crippen LogP contribution is 2.28. The van der Waals surface area contributed by atoms with Gasteiger partial charge in [0.05, 0.1) is 6.10 Å². The number of hydrogen-bond acceptors (Lipinski definition) is 2. The summed E-state index contributed by atoms with van der Waals surface area (Å²) in [6.07, 6.45) is 0.588. The van der Waals surface area contributed by atoms with Crippen LogP contribution in [0.15, 0.2) is 18.2 Å². The first-order chi connectivity index (χ1) is 8.40. The predicted molar refractivity (Wildman–Crippen MR) is 72.2 cm³/mol. The van der Waals surface area contributed by atoms with Crippen LogP contribution in [-0.4, -0.2) is 17.2 Å². The third kappa shape index (κ3) is 4.40. The highest BCUT2D eigenvalue weighted by Gasteiger charge is 2.12. The molecule has 1 rings (SSSR count). The number of hydrogen-bond donors (Lipinski definition) is 1. The topological polar surface area (TPSA) is 46.5 Å². The lowest BCUT2D eigenvalue weighted by Gasteiger charge is -2.19.